The van der Waals surface area contributed by atoms with Gasteiger partial charge in [0.25, 0.3) is 0 Å². The van der Waals surface area contributed by atoms with Crippen molar-refractivity contribution < 1.29 is 9.59 Å². The normalized spacial score (nSPS) is 24.3. The third-order valence-corrected chi connectivity index (χ3v) is 6.44. The lowest BCUT2D eigenvalue weighted by molar-refractivity contribution is -0.144. The zero-order chi connectivity index (χ0) is 16.9. The van der Waals surface area contributed by atoms with Gasteiger partial charge in [0.1, 0.15) is 6.04 Å². The van der Waals surface area contributed by atoms with E-state index in [-0.39, 0.29) is 30.3 Å². The number of rotatable bonds is 7. The van der Waals surface area contributed by atoms with E-state index < -0.39 is 0 Å². The minimum Gasteiger partial charge on any atom is -0.341 e. The number of hydrogen-bond acceptors (Lipinski definition) is 4. The fourth-order valence-electron chi connectivity index (χ4n) is 3.53. The van der Waals surface area contributed by atoms with Gasteiger partial charge in [-0.2, -0.15) is 0 Å². The number of likely N-dealkylation sites (tertiary alicyclic amines) is 1. The molecule has 1 aliphatic carbocycles. The second-order valence-corrected chi connectivity index (χ2v) is 8.43. The number of thioether (sulfide) groups is 1. The summed E-state index contributed by atoms with van der Waals surface area (Å²) in [5.74, 6) is 2.67. The number of carbonyl (C=O) groups is 2. The molecule has 0 aromatic rings. The van der Waals surface area contributed by atoms with E-state index in [0.29, 0.717) is 18.3 Å². The maximum atomic E-state index is 12.9. The predicted molar refractivity (Wildman–Crippen MR) is 105 cm³/mol. The Morgan fingerprint density at radius 2 is 1.88 bits per heavy atom. The zero-order valence-corrected chi connectivity index (χ0v) is 16.9. The van der Waals surface area contributed by atoms with E-state index in [9.17, 15) is 9.59 Å². The smallest absolute Gasteiger partial charge is 0.246 e. The van der Waals surface area contributed by atoms with E-state index in [4.69, 9.17) is 0 Å². The average molecular weight is 390 g/mol. The number of nitrogens with one attached hydrogen (secondary N) is 1. The molecule has 25 heavy (non-hydrogen) atoms. The number of carbonyl (C=O) groups excluding carboxylic acids is 2. The fourth-order valence-corrected chi connectivity index (χ4v) is 4.71. The Bertz CT molecular complexity index is 454. The molecular formula is C18H32ClN3O2S. The van der Waals surface area contributed by atoms with E-state index >= 15 is 0 Å². The SMILES string of the molecule is CCCCC(=O)N1CSCC1C(=O)N1CCC(NCC2CC2)CC1.Cl. The molecular weight excluding hydrogens is 358 g/mol. The van der Waals surface area contributed by atoms with Crippen molar-refractivity contribution in [1.29, 1.82) is 0 Å². The van der Waals surface area contributed by atoms with Crippen LogP contribution in [-0.4, -0.2) is 65.0 Å². The van der Waals surface area contributed by atoms with Crippen LogP contribution in [0.2, 0.25) is 0 Å². The minimum absolute atomic E-state index is 0. The number of hydrogen-bond donors (Lipinski definition) is 1. The first kappa shape index (κ1) is 20.8. The predicted octanol–water partition coefficient (Wildman–Crippen LogP) is 2.49. The van der Waals surface area contributed by atoms with Gasteiger partial charge in [-0.1, -0.05) is 13.3 Å². The second-order valence-electron chi connectivity index (χ2n) is 7.43. The van der Waals surface area contributed by atoms with Crippen LogP contribution in [0.1, 0.15) is 51.9 Å². The molecule has 0 aromatic carbocycles. The van der Waals surface area contributed by atoms with E-state index in [1.807, 2.05) is 9.80 Å². The van der Waals surface area contributed by atoms with Gasteiger partial charge >= 0.3 is 0 Å². The maximum Gasteiger partial charge on any atom is 0.246 e. The number of halogens is 1. The van der Waals surface area contributed by atoms with Gasteiger partial charge in [0.15, 0.2) is 0 Å². The van der Waals surface area contributed by atoms with Crippen molar-refractivity contribution in [2.75, 3.05) is 31.3 Å². The van der Waals surface area contributed by atoms with Gasteiger partial charge in [-0.15, -0.1) is 24.2 Å². The Hall–Kier alpha value is -0.460. The molecule has 1 N–H and O–H groups in total. The molecule has 3 rings (SSSR count). The van der Waals surface area contributed by atoms with Gasteiger partial charge < -0.3 is 15.1 Å². The second kappa shape index (κ2) is 10.0. The molecule has 7 heteroatoms. The highest BCUT2D eigenvalue weighted by Crippen LogP contribution is 2.28. The van der Waals surface area contributed by atoms with E-state index in [1.54, 1.807) is 11.8 Å². The van der Waals surface area contributed by atoms with Gasteiger partial charge in [-0.05, 0) is 44.6 Å². The zero-order valence-electron chi connectivity index (χ0n) is 15.2. The molecule has 3 aliphatic rings. The first-order chi connectivity index (χ1) is 11.7. The van der Waals surface area contributed by atoms with Gasteiger partial charge in [0.2, 0.25) is 11.8 Å². The standard InChI is InChI=1S/C18H31N3O2S.ClH/c1-2-3-4-17(22)21-13-24-12-16(21)18(23)20-9-7-15(8-10-20)19-11-14-5-6-14;/h14-16,19H,2-13H2,1H3;1H. The molecule has 2 saturated heterocycles. The van der Waals surface area contributed by atoms with Crippen LogP contribution in [0.3, 0.4) is 0 Å². The summed E-state index contributed by atoms with van der Waals surface area (Å²) in [7, 11) is 0. The molecule has 144 valence electrons. The summed E-state index contributed by atoms with van der Waals surface area (Å²) in [6.45, 7) is 4.91. The first-order valence-electron chi connectivity index (χ1n) is 9.58. The van der Waals surface area contributed by atoms with E-state index in [1.165, 1.54) is 12.8 Å². The largest absolute Gasteiger partial charge is 0.341 e. The highest BCUT2D eigenvalue weighted by Gasteiger charge is 2.37. The van der Waals surface area contributed by atoms with Gasteiger partial charge in [0, 0.05) is 31.3 Å². The lowest BCUT2D eigenvalue weighted by Gasteiger charge is -2.35. The van der Waals surface area contributed by atoms with Crippen molar-refractivity contribution in [3.63, 3.8) is 0 Å². The fraction of sp³-hybridized carbons (Fsp3) is 0.889. The molecule has 0 aromatic heterocycles. The van der Waals surface area contributed by atoms with Crippen molar-refractivity contribution in [3.05, 3.63) is 0 Å². The molecule has 1 saturated carbocycles. The number of piperidine rings is 1. The lowest BCUT2D eigenvalue weighted by Crippen LogP contribution is -2.52. The van der Waals surface area contributed by atoms with Crippen LogP contribution in [0.25, 0.3) is 0 Å². The Morgan fingerprint density at radius 3 is 2.52 bits per heavy atom. The molecule has 2 heterocycles. The Balaban J connectivity index is 0.00000225. The Morgan fingerprint density at radius 1 is 1.16 bits per heavy atom. The van der Waals surface area contributed by atoms with Crippen molar-refractivity contribution in [1.82, 2.24) is 15.1 Å². The van der Waals surface area contributed by atoms with Crippen LogP contribution >= 0.6 is 24.2 Å². The third-order valence-electron chi connectivity index (χ3n) is 5.43. The summed E-state index contributed by atoms with van der Waals surface area (Å²) >= 11 is 1.71. The van der Waals surface area contributed by atoms with E-state index in [2.05, 4.69) is 12.2 Å². The van der Waals surface area contributed by atoms with Crippen molar-refractivity contribution in [2.45, 2.75) is 64.0 Å². The summed E-state index contributed by atoms with van der Waals surface area (Å²) < 4.78 is 0. The molecule has 0 bridgehead atoms. The van der Waals surface area contributed by atoms with Gasteiger partial charge in [0.05, 0.1) is 5.88 Å². The third kappa shape index (κ3) is 5.76. The molecule has 2 amide bonds. The van der Waals surface area contributed by atoms with Crippen LogP contribution in [-0.2, 0) is 9.59 Å². The minimum atomic E-state index is -0.227. The monoisotopic (exact) mass is 389 g/mol. The maximum absolute atomic E-state index is 12.9. The first-order valence-corrected chi connectivity index (χ1v) is 10.7. The van der Waals surface area contributed by atoms with Crippen LogP contribution in [0.5, 0.6) is 0 Å². The van der Waals surface area contributed by atoms with Crippen LogP contribution < -0.4 is 5.32 Å². The highest BCUT2D eigenvalue weighted by molar-refractivity contribution is 7.99. The number of amides is 2. The molecule has 3 fully saturated rings. The van der Waals surface area contributed by atoms with Crippen molar-refractivity contribution >= 4 is 36.0 Å². The Labute approximate surface area is 162 Å². The van der Waals surface area contributed by atoms with Gasteiger partial charge in [-0.25, -0.2) is 0 Å². The average Bonchev–Trinajstić information content (AvgIpc) is 3.31. The summed E-state index contributed by atoms with van der Waals surface area (Å²) in [5, 5.41) is 3.66. The number of unbranched alkanes of at least 4 members (excludes halogenated alkanes) is 1. The quantitative estimate of drug-likeness (QED) is 0.726. The van der Waals surface area contributed by atoms with Gasteiger partial charge in [-0.3, -0.25) is 9.59 Å². The summed E-state index contributed by atoms with van der Waals surface area (Å²) in [5.41, 5.74) is 0. The highest BCUT2D eigenvalue weighted by atomic mass is 35.5. The van der Waals surface area contributed by atoms with Crippen LogP contribution in [0, 0.1) is 5.92 Å². The van der Waals surface area contributed by atoms with Crippen LogP contribution in [0.15, 0.2) is 0 Å². The summed E-state index contributed by atoms with van der Waals surface area (Å²) in [6.07, 6.45) is 7.36. The van der Waals surface area contributed by atoms with Crippen LogP contribution in [0.4, 0.5) is 0 Å². The number of nitrogens with zero attached hydrogens (tertiary/aromatic N) is 2. The summed E-state index contributed by atoms with van der Waals surface area (Å²) in [4.78, 5) is 29.0. The molecule has 5 nitrogen and oxygen atoms in total. The molecule has 0 spiro atoms. The molecule has 2 aliphatic heterocycles. The Kier molecular flexibility index (Phi) is 8.36. The molecule has 0 radical (unpaired) electrons. The van der Waals surface area contributed by atoms with Crippen molar-refractivity contribution in [2.24, 2.45) is 5.92 Å². The van der Waals surface area contributed by atoms with Crippen molar-refractivity contribution in [3.8, 4) is 0 Å². The molecule has 1 unspecified atom stereocenters. The van der Waals surface area contributed by atoms with E-state index in [0.717, 1.165) is 57.0 Å². The molecule has 1 atom stereocenters. The summed E-state index contributed by atoms with van der Waals surface area (Å²) in [6, 6.07) is 0.338. The lowest BCUT2D eigenvalue weighted by atomic mass is 10.0. The topological polar surface area (TPSA) is 52.7 Å².